The van der Waals surface area contributed by atoms with Crippen molar-refractivity contribution in [2.45, 2.75) is 39.3 Å². The molecule has 1 saturated heterocycles. The summed E-state index contributed by atoms with van der Waals surface area (Å²) in [6, 6.07) is 4.64. The maximum absolute atomic E-state index is 12.7. The van der Waals surface area contributed by atoms with E-state index in [2.05, 4.69) is 5.32 Å². The molecule has 0 aliphatic carbocycles. The second kappa shape index (κ2) is 8.62. The van der Waals surface area contributed by atoms with Crippen LogP contribution < -0.4 is 14.8 Å². The number of rotatable bonds is 8. The van der Waals surface area contributed by atoms with Gasteiger partial charge in [-0.15, -0.1) is 0 Å². The zero-order valence-corrected chi connectivity index (χ0v) is 16.6. The fraction of sp³-hybridized carbons (Fsp3) is 0.611. The molecule has 1 amide bonds. The summed E-state index contributed by atoms with van der Waals surface area (Å²) in [5, 5.41) is 3.17. The molecule has 8 heteroatoms. The predicted octanol–water partition coefficient (Wildman–Crippen LogP) is 1.93. The second-order valence-electron chi connectivity index (χ2n) is 6.40. The van der Waals surface area contributed by atoms with Crippen LogP contribution in [0.5, 0.6) is 11.5 Å². The summed E-state index contributed by atoms with van der Waals surface area (Å²) in [7, 11) is -1.38. The summed E-state index contributed by atoms with van der Waals surface area (Å²) in [6.45, 7) is 6.60. The van der Waals surface area contributed by atoms with Gasteiger partial charge in [-0.1, -0.05) is 0 Å². The number of sulfone groups is 1. The molecule has 1 aromatic rings. The van der Waals surface area contributed by atoms with E-state index in [-0.39, 0.29) is 23.5 Å². The average Bonchev–Trinajstić information content (AvgIpc) is 2.96. The van der Waals surface area contributed by atoms with Gasteiger partial charge in [0.25, 0.3) is 0 Å². The summed E-state index contributed by atoms with van der Waals surface area (Å²) in [5.41, 5.74) is 0.672. The zero-order chi connectivity index (χ0) is 19.3. The highest BCUT2D eigenvalue weighted by molar-refractivity contribution is 7.91. The van der Waals surface area contributed by atoms with Crippen LogP contribution in [0.25, 0.3) is 0 Å². The molecule has 2 atom stereocenters. The van der Waals surface area contributed by atoms with Gasteiger partial charge < -0.3 is 19.7 Å². The fourth-order valence-electron chi connectivity index (χ4n) is 3.02. The quantitative estimate of drug-likeness (QED) is 0.737. The van der Waals surface area contributed by atoms with Gasteiger partial charge in [0, 0.05) is 19.2 Å². The van der Waals surface area contributed by atoms with Crippen LogP contribution in [0.15, 0.2) is 18.2 Å². The van der Waals surface area contributed by atoms with Gasteiger partial charge in [-0.2, -0.15) is 0 Å². The summed E-state index contributed by atoms with van der Waals surface area (Å²) in [4.78, 5) is 14.3. The first kappa shape index (κ1) is 20.4. The summed E-state index contributed by atoms with van der Waals surface area (Å²) in [6.07, 6.45) is 0.487. The Morgan fingerprint density at radius 3 is 2.58 bits per heavy atom. The highest BCUT2D eigenvalue weighted by Gasteiger charge is 2.34. The number of hydrogen-bond donors (Lipinski definition) is 1. The van der Waals surface area contributed by atoms with Crippen LogP contribution in [0.3, 0.4) is 0 Å². The maximum Gasteiger partial charge on any atom is 0.244 e. The number of ether oxygens (including phenoxy) is 2. The Morgan fingerprint density at radius 2 is 2.00 bits per heavy atom. The number of carbonyl (C=O) groups is 1. The van der Waals surface area contributed by atoms with Gasteiger partial charge in [-0.3, -0.25) is 4.79 Å². The average molecular weight is 384 g/mol. The Kier molecular flexibility index (Phi) is 6.75. The van der Waals surface area contributed by atoms with E-state index in [9.17, 15) is 13.2 Å². The molecule has 1 aliphatic heterocycles. The van der Waals surface area contributed by atoms with Gasteiger partial charge in [0.1, 0.15) is 17.5 Å². The number of benzene rings is 1. The van der Waals surface area contributed by atoms with Gasteiger partial charge in [0.15, 0.2) is 9.84 Å². The van der Waals surface area contributed by atoms with Crippen LogP contribution in [0.4, 0.5) is 5.69 Å². The first-order valence-corrected chi connectivity index (χ1v) is 10.7. The number of likely N-dealkylation sites (N-methyl/N-ethyl adjacent to an activating group) is 1. The van der Waals surface area contributed by atoms with Crippen LogP contribution in [-0.2, 0) is 14.6 Å². The lowest BCUT2D eigenvalue weighted by molar-refractivity contribution is -0.132. The van der Waals surface area contributed by atoms with E-state index in [4.69, 9.17) is 9.47 Å². The molecule has 1 fully saturated rings. The number of nitrogens with zero attached hydrogens (tertiary/aromatic N) is 1. The third-order valence-electron chi connectivity index (χ3n) is 4.41. The Balaban J connectivity index is 2.11. The summed E-state index contributed by atoms with van der Waals surface area (Å²) >= 11 is 0. The van der Waals surface area contributed by atoms with E-state index in [1.165, 1.54) is 4.90 Å². The molecule has 0 spiro atoms. The molecule has 26 heavy (non-hydrogen) atoms. The first-order chi connectivity index (χ1) is 12.3. The molecule has 1 N–H and O–H groups in total. The number of hydrogen-bond acceptors (Lipinski definition) is 6. The maximum atomic E-state index is 12.7. The normalized spacial score (nSPS) is 19.6. The Morgan fingerprint density at radius 1 is 1.31 bits per heavy atom. The number of amides is 1. The predicted molar refractivity (Wildman–Crippen MR) is 102 cm³/mol. The van der Waals surface area contributed by atoms with Crippen LogP contribution in [0, 0.1) is 0 Å². The van der Waals surface area contributed by atoms with Gasteiger partial charge in [-0.25, -0.2) is 8.42 Å². The lowest BCUT2D eigenvalue weighted by atomic mass is 10.2. The molecule has 1 aliphatic rings. The molecule has 0 saturated carbocycles. The standard InChI is InChI=1S/C18H28N2O5S/c1-5-24-15-7-8-17(25-6-2)16(11-15)19-13(3)18(21)20(4)14-9-10-26(22,23)12-14/h7-8,11,13-14,19H,5-6,9-10,12H2,1-4H3/t13-,14+/m0/s1. The molecule has 1 aromatic carbocycles. The van der Waals surface area contributed by atoms with Crippen molar-refractivity contribution in [1.29, 1.82) is 0 Å². The lowest BCUT2D eigenvalue weighted by Gasteiger charge is -2.27. The van der Waals surface area contributed by atoms with E-state index in [0.717, 1.165) is 0 Å². The Hall–Kier alpha value is -1.96. The fourth-order valence-corrected chi connectivity index (χ4v) is 4.80. The zero-order valence-electron chi connectivity index (χ0n) is 15.8. The lowest BCUT2D eigenvalue weighted by Crippen LogP contribution is -2.45. The highest BCUT2D eigenvalue weighted by atomic mass is 32.2. The van der Waals surface area contributed by atoms with E-state index in [1.807, 2.05) is 19.9 Å². The van der Waals surface area contributed by atoms with E-state index >= 15 is 0 Å². The molecular weight excluding hydrogens is 356 g/mol. The van der Waals surface area contributed by atoms with Gasteiger partial charge in [0.2, 0.25) is 5.91 Å². The van der Waals surface area contributed by atoms with Crippen LogP contribution in [-0.4, -0.2) is 63.1 Å². The van der Waals surface area contributed by atoms with Crippen molar-refractivity contribution >= 4 is 21.4 Å². The monoisotopic (exact) mass is 384 g/mol. The topological polar surface area (TPSA) is 84.9 Å². The number of nitrogens with one attached hydrogen (secondary N) is 1. The van der Waals surface area contributed by atoms with Crippen LogP contribution in [0.2, 0.25) is 0 Å². The summed E-state index contributed by atoms with van der Waals surface area (Å²) in [5.74, 6) is 1.35. The molecule has 0 aromatic heterocycles. The second-order valence-corrected chi connectivity index (χ2v) is 8.62. The van der Waals surface area contributed by atoms with Crippen molar-refractivity contribution in [2.75, 3.05) is 37.1 Å². The van der Waals surface area contributed by atoms with Crippen molar-refractivity contribution in [1.82, 2.24) is 4.90 Å². The van der Waals surface area contributed by atoms with Crippen molar-refractivity contribution in [2.24, 2.45) is 0 Å². The number of anilines is 1. The molecule has 7 nitrogen and oxygen atoms in total. The Bertz CT molecular complexity index is 735. The van der Waals surface area contributed by atoms with Gasteiger partial charge >= 0.3 is 0 Å². The van der Waals surface area contributed by atoms with Crippen LogP contribution in [0.1, 0.15) is 27.2 Å². The summed E-state index contributed by atoms with van der Waals surface area (Å²) < 4.78 is 34.5. The minimum absolute atomic E-state index is 0.0337. The number of carbonyl (C=O) groups excluding carboxylic acids is 1. The minimum atomic E-state index is -3.04. The van der Waals surface area contributed by atoms with Crippen molar-refractivity contribution in [3.63, 3.8) is 0 Å². The molecule has 0 radical (unpaired) electrons. The van der Waals surface area contributed by atoms with Crippen molar-refractivity contribution in [3.05, 3.63) is 18.2 Å². The van der Waals surface area contributed by atoms with Gasteiger partial charge in [0.05, 0.1) is 30.4 Å². The largest absolute Gasteiger partial charge is 0.494 e. The molecule has 0 unspecified atom stereocenters. The molecule has 1 heterocycles. The minimum Gasteiger partial charge on any atom is -0.494 e. The highest BCUT2D eigenvalue weighted by Crippen LogP contribution is 2.30. The SMILES string of the molecule is CCOc1ccc(OCC)c(N[C@@H](C)C(=O)N(C)[C@@H]2CCS(=O)(=O)C2)c1. The van der Waals surface area contributed by atoms with Crippen LogP contribution >= 0.6 is 0 Å². The molecule has 0 bridgehead atoms. The van der Waals surface area contributed by atoms with E-state index < -0.39 is 15.9 Å². The third kappa shape index (κ3) is 5.03. The van der Waals surface area contributed by atoms with Crippen molar-refractivity contribution < 1.29 is 22.7 Å². The molecule has 146 valence electrons. The van der Waals surface area contributed by atoms with E-state index in [0.29, 0.717) is 36.8 Å². The smallest absolute Gasteiger partial charge is 0.244 e. The van der Waals surface area contributed by atoms with Gasteiger partial charge in [-0.05, 0) is 39.3 Å². The first-order valence-electron chi connectivity index (χ1n) is 8.90. The molecular formula is C18H28N2O5S. The Labute approximate surface area is 155 Å². The van der Waals surface area contributed by atoms with Crippen molar-refractivity contribution in [3.8, 4) is 11.5 Å². The third-order valence-corrected chi connectivity index (χ3v) is 6.16. The van der Waals surface area contributed by atoms with E-state index in [1.54, 1.807) is 26.1 Å². The molecule has 2 rings (SSSR count).